The number of carboxylic acid groups (broad SMARTS) is 1. The zero-order valence-electron chi connectivity index (χ0n) is 14.1. The molecule has 1 aliphatic rings. The molecule has 0 radical (unpaired) electrons. The van der Waals surface area contributed by atoms with Gasteiger partial charge < -0.3 is 10.0 Å². The molecule has 1 unspecified atom stereocenters. The van der Waals surface area contributed by atoms with Crippen LogP contribution in [0.2, 0.25) is 0 Å². The van der Waals surface area contributed by atoms with Crippen molar-refractivity contribution in [3.05, 3.63) is 64.7 Å². The minimum Gasteiger partial charge on any atom is -0.481 e. The van der Waals surface area contributed by atoms with Crippen LogP contribution in [-0.2, 0) is 11.3 Å². The van der Waals surface area contributed by atoms with E-state index in [4.69, 9.17) is 5.11 Å². The first-order valence-electron chi connectivity index (χ1n) is 8.16. The van der Waals surface area contributed by atoms with Crippen molar-refractivity contribution in [1.29, 1.82) is 0 Å². The maximum absolute atomic E-state index is 12.6. The molecule has 1 aliphatic heterocycles. The van der Waals surface area contributed by atoms with Crippen LogP contribution < -0.4 is 4.90 Å². The number of hydrogen-bond donors (Lipinski definition) is 1. The molecule has 0 spiro atoms. The molecule has 3 rings (SSSR count). The number of hydrogen-bond acceptors (Lipinski definition) is 2. The zero-order valence-corrected chi connectivity index (χ0v) is 14.1. The van der Waals surface area contributed by atoms with Gasteiger partial charge >= 0.3 is 5.97 Å². The summed E-state index contributed by atoms with van der Waals surface area (Å²) in [4.78, 5) is 25.4. The lowest BCUT2D eigenvalue weighted by Gasteiger charge is -2.17. The minimum atomic E-state index is -0.853. The summed E-state index contributed by atoms with van der Waals surface area (Å²) >= 11 is 0. The number of aliphatic carboxylic acids is 1. The van der Waals surface area contributed by atoms with E-state index in [1.807, 2.05) is 24.3 Å². The third-order valence-corrected chi connectivity index (χ3v) is 4.68. The SMILES string of the molecule is CC(C)c1ccc2c(c1)CN(c1ccc(C(C)C(=O)O)cc1)C2=O. The molecule has 2 aromatic carbocycles. The minimum absolute atomic E-state index is 0.000612. The molecule has 1 heterocycles. The number of rotatable bonds is 4. The van der Waals surface area contributed by atoms with E-state index in [0.717, 1.165) is 22.4 Å². The van der Waals surface area contributed by atoms with Gasteiger partial charge in [0, 0.05) is 11.3 Å². The van der Waals surface area contributed by atoms with Crippen molar-refractivity contribution in [3.63, 3.8) is 0 Å². The fourth-order valence-corrected chi connectivity index (χ4v) is 2.99. The number of carboxylic acids is 1. The van der Waals surface area contributed by atoms with Gasteiger partial charge in [-0.3, -0.25) is 9.59 Å². The van der Waals surface area contributed by atoms with Gasteiger partial charge in [0.05, 0.1) is 12.5 Å². The Balaban J connectivity index is 1.86. The fraction of sp³-hybridized carbons (Fsp3) is 0.300. The summed E-state index contributed by atoms with van der Waals surface area (Å²) in [6, 6.07) is 13.2. The Morgan fingerprint density at radius 2 is 1.67 bits per heavy atom. The smallest absolute Gasteiger partial charge is 0.310 e. The van der Waals surface area contributed by atoms with Crippen molar-refractivity contribution < 1.29 is 14.7 Å². The Morgan fingerprint density at radius 1 is 1.04 bits per heavy atom. The van der Waals surface area contributed by atoms with Crippen LogP contribution in [0.1, 0.15) is 59.7 Å². The molecule has 0 fully saturated rings. The van der Waals surface area contributed by atoms with E-state index in [2.05, 4.69) is 19.9 Å². The molecular weight excluding hydrogens is 302 g/mol. The highest BCUT2D eigenvalue weighted by Gasteiger charge is 2.29. The Hall–Kier alpha value is -2.62. The lowest BCUT2D eigenvalue weighted by molar-refractivity contribution is -0.138. The fourth-order valence-electron chi connectivity index (χ4n) is 2.99. The third-order valence-electron chi connectivity index (χ3n) is 4.68. The van der Waals surface area contributed by atoms with Gasteiger partial charge in [0.2, 0.25) is 0 Å². The van der Waals surface area contributed by atoms with Crippen LogP contribution in [0.3, 0.4) is 0 Å². The third kappa shape index (κ3) is 2.80. The van der Waals surface area contributed by atoms with Crippen molar-refractivity contribution in [1.82, 2.24) is 0 Å². The molecule has 0 aromatic heterocycles. The number of benzene rings is 2. The molecule has 2 aromatic rings. The zero-order chi connectivity index (χ0) is 17.4. The van der Waals surface area contributed by atoms with Crippen molar-refractivity contribution in [3.8, 4) is 0 Å². The molecule has 0 saturated heterocycles. The highest BCUT2D eigenvalue weighted by atomic mass is 16.4. The van der Waals surface area contributed by atoms with E-state index in [9.17, 15) is 9.59 Å². The molecule has 24 heavy (non-hydrogen) atoms. The van der Waals surface area contributed by atoms with E-state index in [1.54, 1.807) is 24.0 Å². The van der Waals surface area contributed by atoms with Crippen LogP contribution in [0.4, 0.5) is 5.69 Å². The van der Waals surface area contributed by atoms with Crippen LogP contribution in [0, 0.1) is 0 Å². The molecule has 4 heteroatoms. The number of fused-ring (bicyclic) bond motifs is 1. The molecule has 124 valence electrons. The molecular formula is C20H21NO3. The Morgan fingerprint density at radius 3 is 2.25 bits per heavy atom. The second-order valence-electron chi connectivity index (χ2n) is 6.61. The number of nitrogens with zero attached hydrogens (tertiary/aromatic N) is 1. The van der Waals surface area contributed by atoms with Crippen molar-refractivity contribution in [2.75, 3.05) is 4.90 Å². The van der Waals surface area contributed by atoms with Crippen LogP contribution in [0.15, 0.2) is 42.5 Å². The topological polar surface area (TPSA) is 57.6 Å². The quantitative estimate of drug-likeness (QED) is 0.919. The summed E-state index contributed by atoms with van der Waals surface area (Å²) < 4.78 is 0. The van der Waals surface area contributed by atoms with Crippen molar-refractivity contribution >= 4 is 17.6 Å². The Kier molecular flexibility index (Phi) is 4.14. The van der Waals surface area contributed by atoms with Crippen LogP contribution in [-0.4, -0.2) is 17.0 Å². The van der Waals surface area contributed by atoms with E-state index >= 15 is 0 Å². The predicted molar refractivity (Wildman–Crippen MR) is 93.5 cm³/mol. The summed E-state index contributed by atoms with van der Waals surface area (Å²) in [5.74, 6) is -0.983. The maximum atomic E-state index is 12.6. The van der Waals surface area contributed by atoms with Gasteiger partial charge in [0.25, 0.3) is 5.91 Å². The summed E-state index contributed by atoms with van der Waals surface area (Å²) in [6.45, 7) is 6.49. The van der Waals surface area contributed by atoms with Gasteiger partial charge in [-0.25, -0.2) is 0 Å². The average Bonchev–Trinajstić information content (AvgIpc) is 2.90. The summed E-state index contributed by atoms with van der Waals surface area (Å²) in [6.07, 6.45) is 0. The van der Waals surface area contributed by atoms with E-state index in [-0.39, 0.29) is 5.91 Å². The van der Waals surface area contributed by atoms with Gasteiger partial charge in [0.15, 0.2) is 0 Å². The standard InChI is InChI=1S/C20H21NO3/c1-12(2)15-6-9-18-16(10-15)11-21(19(18)22)17-7-4-14(5-8-17)13(3)20(23)24/h4-10,12-13H,11H2,1-3H3,(H,23,24). The van der Waals surface area contributed by atoms with Crippen LogP contribution in [0.25, 0.3) is 0 Å². The normalized spacial score (nSPS) is 14.8. The second-order valence-corrected chi connectivity index (χ2v) is 6.61. The summed E-state index contributed by atoms with van der Waals surface area (Å²) in [5, 5.41) is 9.08. The number of carbonyl (C=O) groups is 2. The van der Waals surface area contributed by atoms with Gasteiger partial charge in [-0.05, 0) is 47.7 Å². The lowest BCUT2D eigenvalue weighted by atomic mass is 9.98. The van der Waals surface area contributed by atoms with Crippen LogP contribution >= 0.6 is 0 Å². The number of carbonyl (C=O) groups excluding carboxylic acids is 1. The summed E-state index contributed by atoms with van der Waals surface area (Å²) in [7, 11) is 0. The van der Waals surface area contributed by atoms with Crippen molar-refractivity contribution in [2.45, 2.75) is 39.2 Å². The van der Waals surface area contributed by atoms with Crippen molar-refractivity contribution in [2.24, 2.45) is 0 Å². The second kappa shape index (κ2) is 6.11. The lowest BCUT2D eigenvalue weighted by Crippen LogP contribution is -2.23. The molecule has 1 atom stereocenters. The molecule has 4 nitrogen and oxygen atoms in total. The average molecular weight is 323 g/mol. The van der Waals surface area contributed by atoms with Crippen LogP contribution in [0.5, 0.6) is 0 Å². The maximum Gasteiger partial charge on any atom is 0.310 e. The Bertz CT molecular complexity index is 793. The van der Waals surface area contributed by atoms with Gasteiger partial charge in [0.1, 0.15) is 0 Å². The predicted octanol–water partition coefficient (Wildman–Crippen LogP) is 4.16. The summed E-state index contributed by atoms with van der Waals surface area (Å²) in [5.41, 5.74) is 4.56. The highest BCUT2D eigenvalue weighted by Crippen LogP contribution is 2.31. The van der Waals surface area contributed by atoms with Gasteiger partial charge in [-0.2, -0.15) is 0 Å². The molecule has 0 aliphatic carbocycles. The first-order chi connectivity index (χ1) is 11.4. The number of amides is 1. The first-order valence-corrected chi connectivity index (χ1v) is 8.16. The number of anilines is 1. The molecule has 1 N–H and O–H groups in total. The van der Waals surface area contributed by atoms with E-state index in [0.29, 0.717) is 12.5 Å². The molecule has 0 saturated carbocycles. The molecule has 1 amide bonds. The first kappa shape index (κ1) is 16.2. The van der Waals surface area contributed by atoms with Gasteiger partial charge in [-0.15, -0.1) is 0 Å². The Labute approximate surface area is 141 Å². The largest absolute Gasteiger partial charge is 0.481 e. The van der Waals surface area contributed by atoms with Gasteiger partial charge in [-0.1, -0.05) is 38.1 Å². The monoisotopic (exact) mass is 323 g/mol. The van der Waals surface area contributed by atoms with E-state index < -0.39 is 11.9 Å². The van der Waals surface area contributed by atoms with E-state index in [1.165, 1.54) is 5.56 Å². The molecule has 0 bridgehead atoms. The highest BCUT2D eigenvalue weighted by molar-refractivity contribution is 6.10.